The van der Waals surface area contributed by atoms with Crippen molar-refractivity contribution in [2.45, 2.75) is 61.4 Å². The summed E-state index contributed by atoms with van der Waals surface area (Å²) in [6, 6.07) is 0. The summed E-state index contributed by atoms with van der Waals surface area (Å²) in [5.41, 5.74) is 0. The average Bonchev–Trinajstić information content (AvgIpc) is 2.64. The van der Waals surface area contributed by atoms with Gasteiger partial charge in [0.25, 0.3) is 0 Å². The predicted octanol–water partition coefficient (Wildman–Crippen LogP) is -4.44. The molecule has 2 aliphatic rings. The minimum absolute atomic E-state index is 0.133. The first kappa shape index (κ1) is 22.2. The van der Waals surface area contributed by atoms with Gasteiger partial charge in [-0.3, -0.25) is 0 Å². The zero-order chi connectivity index (χ0) is 19.4. The molecule has 10 atom stereocenters. The van der Waals surface area contributed by atoms with Gasteiger partial charge in [0, 0.05) is 5.75 Å². The molecule has 0 bridgehead atoms. The van der Waals surface area contributed by atoms with Crippen LogP contribution in [0.25, 0.3) is 0 Å². The molecule has 12 heteroatoms. The van der Waals surface area contributed by atoms with Crippen LogP contribution in [0.4, 0.5) is 0 Å². The molecule has 0 radical (unpaired) electrons. The van der Waals surface area contributed by atoms with Crippen LogP contribution in [0.3, 0.4) is 0 Å². The van der Waals surface area contributed by atoms with Gasteiger partial charge in [-0.25, -0.2) is 0 Å². The van der Waals surface area contributed by atoms with Crippen molar-refractivity contribution in [3.05, 3.63) is 0 Å². The van der Waals surface area contributed by atoms with E-state index in [0.717, 1.165) is 0 Å². The molecule has 154 valence electrons. The van der Waals surface area contributed by atoms with Gasteiger partial charge in [0.15, 0.2) is 12.6 Å². The molecule has 0 aromatic carbocycles. The molecule has 2 heterocycles. The lowest BCUT2D eigenvalue weighted by Crippen LogP contribution is -2.64. The van der Waals surface area contributed by atoms with Crippen LogP contribution in [-0.2, 0) is 18.9 Å². The van der Waals surface area contributed by atoms with E-state index in [4.69, 9.17) is 18.9 Å². The van der Waals surface area contributed by atoms with Crippen molar-refractivity contribution in [3.8, 4) is 0 Å². The monoisotopic (exact) mass is 402 g/mol. The van der Waals surface area contributed by atoms with Crippen LogP contribution in [0.1, 0.15) is 0 Å². The van der Waals surface area contributed by atoms with Crippen LogP contribution >= 0.6 is 12.6 Å². The Kier molecular flexibility index (Phi) is 8.46. The van der Waals surface area contributed by atoms with E-state index in [-0.39, 0.29) is 6.61 Å². The first-order valence-corrected chi connectivity index (χ1v) is 8.79. The summed E-state index contributed by atoms with van der Waals surface area (Å²) in [7, 11) is 0. The smallest absolute Gasteiger partial charge is 0.187 e. The number of rotatable bonds is 7. The lowest BCUT2D eigenvalue weighted by Gasteiger charge is -2.45. The van der Waals surface area contributed by atoms with E-state index in [1.807, 2.05) is 0 Å². The minimum atomic E-state index is -1.70. The summed E-state index contributed by atoms with van der Waals surface area (Å²) in [5.74, 6) is 0.345. The fraction of sp³-hybridized carbons (Fsp3) is 1.00. The number of thiol groups is 1. The number of aliphatic hydroxyl groups is 7. The Labute approximate surface area is 155 Å². The van der Waals surface area contributed by atoms with Crippen LogP contribution in [0.15, 0.2) is 0 Å². The molecule has 7 N–H and O–H groups in total. The summed E-state index contributed by atoms with van der Waals surface area (Å²) in [5, 5.41) is 68.7. The lowest BCUT2D eigenvalue weighted by molar-refractivity contribution is -0.359. The second-order valence-electron chi connectivity index (χ2n) is 6.10. The SMILES string of the molecule is OCC1O[C@@H](O[C@@H]2C(CO)O[C@@H](OCCS)C(O)[C@H]2O)C(O)C(O)[C@@H]1O. The standard InChI is InChI=1S/C14H26O11S/c15-3-5-7(17)8(18)10(20)14(23-5)25-12-6(4-16)24-13(22-1-2-26)11(21)9(12)19/h5-21,26H,1-4H2/t5?,6?,7-,8?,9-,10?,11?,12-,13-,14+/m1/s1. The molecule has 2 aliphatic heterocycles. The summed E-state index contributed by atoms with van der Waals surface area (Å²) < 4.78 is 21.2. The Bertz CT molecular complexity index is 426. The lowest BCUT2D eigenvalue weighted by atomic mass is 9.97. The molecule has 0 spiro atoms. The van der Waals surface area contributed by atoms with Gasteiger partial charge in [0.1, 0.15) is 48.8 Å². The highest BCUT2D eigenvalue weighted by Crippen LogP contribution is 2.29. The Morgan fingerprint density at radius 3 is 1.88 bits per heavy atom. The highest BCUT2D eigenvalue weighted by Gasteiger charge is 2.50. The molecule has 2 fully saturated rings. The van der Waals surface area contributed by atoms with Gasteiger partial charge in [0.2, 0.25) is 0 Å². The molecule has 0 aliphatic carbocycles. The van der Waals surface area contributed by atoms with Crippen molar-refractivity contribution < 1.29 is 54.7 Å². The van der Waals surface area contributed by atoms with E-state index in [2.05, 4.69) is 12.6 Å². The Morgan fingerprint density at radius 1 is 0.731 bits per heavy atom. The third-order valence-electron chi connectivity index (χ3n) is 4.33. The fourth-order valence-electron chi connectivity index (χ4n) is 2.86. The van der Waals surface area contributed by atoms with E-state index < -0.39 is 74.6 Å². The maximum atomic E-state index is 10.3. The maximum absolute atomic E-state index is 10.3. The molecule has 2 rings (SSSR count). The van der Waals surface area contributed by atoms with Gasteiger partial charge in [-0.15, -0.1) is 0 Å². The zero-order valence-electron chi connectivity index (χ0n) is 13.8. The normalized spacial score (nSPS) is 47.1. The third-order valence-corrected chi connectivity index (χ3v) is 4.52. The van der Waals surface area contributed by atoms with Crippen molar-refractivity contribution >= 4 is 12.6 Å². The summed E-state index contributed by atoms with van der Waals surface area (Å²) in [6.45, 7) is -1.12. The zero-order valence-corrected chi connectivity index (χ0v) is 14.7. The first-order chi connectivity index (χ1) is 12.3. The number of aliphatic hydroxyl groups excluding tert-OH is 7. The van der Waals surface area contributed by atoms with Crippen molar-refractivity contribution in [1.29, 1.82) is 0 Å². The predicted molar refractivity (Wildman–Crippen MR) is 86.2 cm³/mol. The highest BCUT2D eigenvalue weighted by molar-refractivity contribution is 7.80. The highest BCUT2D eigenvalue weighted by atomic mass is 32.1. The van der Waals surface area contributed by atoms with E-state index in [1.165, 1.54) is 0 Å². The van der Waals surface area contributed by atoms with Crippen molar-refractivity contribution in [1.82, 2.24) is 0 Å². The van der Waals surface area contributed by atoms with Crippen LogP contribution in [0.2, 0.25) is 0 Å². The first-order valence-electron chi connectivity index (χ1n) is 8.16. The minimum Gasteiger partial charge on any atom is -0.394 e. The largest absolute Gasteiger partial charge is 0.394 e. The van der Waals surface area contributed by atoms with Crippen LogP contribution in [0.5, 0.6) is 0 Å². The summed E-state index contributed by atoms with van der Waals surface area (Å²) in [6.07, 6.45) is -14.5. The second kappa shape index (κ2) is 9.91. The Balaban J connectivity index is 2.09. The Morgan fingerprint density at radius 2 is 1.31 bits per heavy atom. The van der Waals surface area contributed by atoms with Crippen molar-refractivity contribution in [2.24, 2.45) is 0 Å². The van der Waals surface area contributed by atoms with E-state index in [1.54, 1.807) is 0 Å². The summed E-state index contributed by atoms with van der Waals surface area (Å²) >= 11 is 3.96. The number of ether oxygens (including phenoxy) is 4. The van der Waals surface area contributed by atoms with Crippen LogP contribution in [0, 0.1) is 0 Å². The second-order valence-corrected chi connectivity index (χ2v) is 6.55. The third kappa shape index (κ3) is 4.66. The van der Waals surface area contributed by atoms with E-state index >= 15 is 0 Å². The summed E-state index contributed by atoms with van der Waals surface area (Å²) in [4.78, 5) is 0. The topological polar surface area (TPSA) is 179 Å². The molecule has 0 aromatic heterocycles. The van der Waals surface area contributed by atoms with Crippen LogP contribution < -0.4 is 0 Å². The van der Waals surface area contributed by atoms with Gasteiger partial charge in [-0.2, -0.15) is 12.6 Å². The molecule has 0 saturated carbocycles. The molecule has 0 amide bonds. The number of hydrogen-bond donors (Lipinski definition) is 8. The van der Waals surface area contributed by atoms with E-state index in [9.17, 15) is 35.7 Å². The average molecular weight is 402 g/mol. The Hall–Kier alpha value is -0.0900. The van der Waals surface area contributed by atoms with Gasteiger partial charge >= 0.3 is 0 Å². The van der Waals surface area contributed by atoms with Gasteiger partial charge in [-0.1, -0.05) is 0 Å². The molecular weight excluding hydrogens is 376 g/mol. The molecule has 0 aromatic rings. The maximum Gasteiger partial charge on any atom is 0.187 e. The van der Waals surface area contributed by atoms with Gasteiger partial charge < -0.3 is 54.7 Å². The van der Waals surface area contributed by atoms with Crippen molar-refractivity contribution in [3.63, 3.8) is 0 Å². The number of hydrogen-bond acceptors (Lipinski definition) is 12. The molecule has 2 saturated heterocycles. The molecule has 26 heavy (non-hydrogen) atoms. The van der Waals surface area contributed by atoms with Crippen LogP contribution in [-0.4, -0.2) is 123 Å². The van der Waals surface area contributed by atoms with E-state index in [0.29, 0.717) is 5.75 Å². The van der Waals surface area contributed by atoms with Gasteiger partial charge in [-0.05, 0) is 0 Å². The molecular formula is C14H26O11S. The quantitative estimate of drug-likeness (QED) is 0.193. The molecule has 5 unspecified atom stereocenters. The molecule has 11 nitrogen and oxygen atoms in total. The van der Waals surface area contributed by atoms with Gasteiger partial charge in [0.05, 0.1) is 19.8 Å². The fourth-order valence-corrected chi connectivity index (χ4v) is 2.97. The van der Waals surface area contributed by atoms with Crippen molar-refractivity contribution in [2.75, 3.05) is 25.6 Å².